The van der Waals surface area contributed by atoms with Gasteiger partial charge in [-0.2, -0.15) is 0 Å². The fourth-order valence-corrected chi connectivity index (χ4v) is 2.84. The molecule has 0 radical (unpaired) electrons. The average Bonchev–Trinajstić information content (AvgIpc) is 2.62. The number of hydrogen-bond acceptors (Lipinski definition) is 4. The molecule has 2 amide bonds. The van der Waals surface area contributed by atoms with Crippen molar-refractivity contribution in [3.8, 4) is 0 Å². The second-order valence-corrected chi connectivity index (χ2v) is 6.21. The molecule has 2 aromatic rings. The number of carboxylic acid groups (broad SMARTS) is 1. The number of aromatic carboxylic acids is 1. The van der Waals surface area contributed by atoms with E-state index in [2.05, 4.69) is 10.6 Å². The zero-order chi connectivity index (χ0) is 18.7. The molecule has 134 valence electrons. The maximum Gasteiger partial charge on any atom is 0.337 e. The summed E-state index contributed by atoms with van der Waals surface area (Å²) in [6.07, 6.45) is 0. The van der Waals surface area contributed by atoms with Crippen molar-refractivity contribution >= 4 is 40.8 Å². The number of hydrogen-bond donors (Lipinski definition) is 3. The second kappa shape index (κ2) is 7.45. The predicted octanol–water partition coefficient (Wildman–Crippen LogP) is 2.23. The number of halogens is 1. The van der Waals surface area contributed by atoms with Crippen LogP contribution in [-0.2, 0) is 4.79 Å². The van der Waals surface area contributed by atoms with Gasteiger partial charge in [0.05, 0.1) is 17.8 Å². The van der Waals surface area contributed by atoms with E-state index in [-0.39, 0.29) is 23.9 Å². The molecule has 0 unspecified atom stereocenters. The molecule has 26 heavy (non-hydrogen) atoms. The molecule has 1 heterocycles. The summed E-state index contributed by atoms with van der Waals surface area (Å²) in [5.74, 6) is -1.66. The minimum absolute atomic E-state index is 0.0219. The molecule has 0 aromatic heterocycles. The van der Waals surface area contributed by atoms with Crippen molar-refractivity contribution in [1.82, 2.24) is 5.32 Å². The molecule has 2 aromatic carbocycles. The third kappa shape index (κ3) is 3.94. The summed E-state index contributed by atoms with van der Waals surface area (Å²) >= 11 is 5.80. The molecule has 1 aliphatic heterocycles. The van der Waals surface area contributed by atoms with Crippen LogP contribution < -0.4 is 15.5 Å². The van der Waals surface area contributed by atoms with E-state index < -0.39 is 5.97 Å². The summed E-state index contributed by atoms with van der Waals surface area (Å²) in [5, 5.41) is 15.4. The molecule has 1 aliphatic rings. The number of carboxylic acids is 1. The Hall–Kier alpha value is -3.06. The van der Waals surface area contributed by atoms with Gasteiger partial charge in [-0.25, -0.2) is 4.79 Å². The smallest absolute Gasteiger partial charge is 0.337 e. The van der Waals surface area contributed by atoms with Gasteiger partial charge in [-0.1, -0.05) is 11.6 Å². The Morgan fingerprint density at radius 3 is 2.54 bits per heavy atom. The zero-order valence-corrected chi connectivity index (χ0v) is 14.4. The van der Waals surface area contributed by atoms with Crippen LogP contribution in [0.2, 0.25) is 5.02 Å². The molecule has 0 bridgehead atoms. The van der Waals surface area contributed by atoms with E-state index in [1.165, 1.54) is 6.07 Å². The molecule has 3 rings (SSSR count). The lowest BCUT2D eigenvalue weighted by molar-refractivity contribution is -0.120. The summed E-state index contributed by atoms with van der Waals surface area (Å²) in [6.45, 7) is 1.06. The third-order valence-corrected chi connectivity index (χ3v) is 4.22. The highest BCUT2D eigenvalue weighted by Gasteiger charge is 2.22. The topological polar surface area (TPSA) is 98.7 Å². The van der Waals surface area contributed by atoms with Gasteiger partial charge in [0.25, 0.3) is 5.91 Å². The first-order chi connectivity index (χ1) is 12.4. The van der Waals surface area contributed by atoms with Gasteiger partial charge in [0, 0.05) is 29.4 Å². The lowest BCUT2D eigenvalue weighted by Crippen LogP contribution is -2.48. The Balaban J connectivity index is 1.84. The Kier molecular flexibility index (Phi) is 5.09. The van der Waals surface area contributed by atoms with Crippen LogP contribution in [0.5, 0.6) is 0 Å². The van der Waals surface area contributed by atoms with Crippen LogP contribution in [0.1, 0.15) is 20.7 Å². The first kappa shape index (κ1) is 17.8. The number of carbonyl (C=O) groups excluding carboxylic acids is 2. The number of piperazine rings is 1. The summed E-state index contributed by atoms with van der Waals surface area (Å²) < 4.78 is 0. The van der Waals surface area contributed by atoms with E-state index in [1.807, 2.05) is 0 Å². The molecule has 8 heteroatoms. The monoisotopic (exact) mass is 373 g/mol. The van der Waals surface area contributed by atoms with Crippen molar-refractivity contribution in [3.63, 3.8) is 0 Å². The van der Waals surface area contributed by atoms with E-state index in [1.54, 1.807) is 41.3 Å². The quantitative estimate of drug-likeness (QED) is 0.763. The molecule has 3 N–H and O–H groups in total. The van der Waals surface area contributed by atoms with Gasteiger partial charge in [0.1, 0.15) is 0 Å². The van der Waals surface area contributed by atoms with Crippen molar-refractivity contribution < 1.29 is 19.5 Å². The molecule has 1 fully saturated rings. The third-order valence-electron chi connectivity index (χ3n) is 3.97. The van der Waals surface area contributed by atoms with Crippen molar-refractivity contribution in [2.75, 3.05) is 29.9 Å². The van der Waals surface area contributed by atoms with E-state index in [0.29, 0.717) is 35.1 Å². The minimum Gasteiger partial charge on any atom is -0.478 e. The maximum absolute atomic E-state index is 12.3. The lowest BCUT2D eigenvalue weighted by Gasteiger charge is -2.29. The van der Waals surface area contributed by atoms with E-state index in [0.717, 1.165) is 0 Å². The highest BCUT2D eigenvalue weighted by molar-refractivity contribution is 6.30. The SMILES string of the molecule is O=C1CN(c2ccc(NC(=O)c3ccc(Cl)cc3)cc2C(=O)O)CCN1. The molecule has 0 atom stereocenters. The molecular formula is C18H16ClN3O4. The van der Waals surface area contributed by atoms with Crippen LogP contribution in [0.15, 0.2) is 42.5 Å². The number of rotatable bonds is 4. The second-order valence-electron chi connectivity index (χ2n) is 5.77. The summed E-state index contributed by atoms with van der Waals surface area (Å²) in [7, 11) is 0. The van der Waals surface area contributed by atoms with Crippen molar-refractivity contribution in [2.24, 2.45) is 0 Å². The van der Waals surface area contributed by atoms with E-state index >= 15 is 0 Å². The minimum atomic E-state index is -1.13. The normalized spacial score (nSPS) is 13.9. The fourth-order valence-electron chi connectivity index (χ4n) is 2.71. The number of amides is 2. The summed E-state index contributed by atoms with van der Waals surface area (Å²) in [4.78, 5) is 37.2. The van der Waals surface area contributed by atoms with Gasteiger partial charge in [0.2, 0.25) is 5.91 Å². The summed E-state index contributed by atoms with van der Waals surface area (Å²) in [5.41, 5.74) is 1.22. The van der Waals surface area contributed by atoms with Crippen LogP contribution in [0.3, 0.4) is 0 Å². The van der Waals surface area contributed by atoms with Gasteiger partial charge in [-0.05, 0) is 42.5 Å². The van der Waals surface area contributed by atoms with E-state index in [4.69, 9.17) is 11.6 Å². The standard InChI is InChI=1S/C18H16ClN3O4/c19-12-3-1-11(2-4-12)17(24)21-13-5-6-15(14(9-13)18(25)26)22-8-7-20-16(23)10-22/h1-6,9H,7-8,10H2,(H,20,23)(H,21,24)(H,25,26). The molecule has 7 nitrogen and oxygen atoms in total. The van der Waals surface area contributed by atoms with Crippen molar-refractivity contribution in [3.05, 3.63) is 58.6 Å². The number of anilines is 2. The van der Waals surface area contributed by atoms with Crippen molar-refractivity contribution in [2.45, 2.75) is 0 Å². The van der Waals surface area contributed by atoms with Gasteiger partial charge < -0.3 is 20.6 Å². The Morgan fingerprint density at radius 2 is 1.88 bits per heavy atom. The van der Waals surface area contributed by atoms with Gasteiger partial charge >= 0.3 is 5.97 Å². The van der Waals surface area contributed by atoms with Crippen LogP contribution in [0, 0.1) is 0 Å². The molecular weight excluding hydrogens is 358 g/mol. The largest absolute Gasteiger partial charge is 0.478 e. The number of benzene rings is 2. The number of nitrogens with one attached hydrogen (secondary N) is 2. The zero-order valence-electron chi connectivity index (χ0n) is 13.7. The van der Waals surface area contributed by atoms with E-state index in [9.17, 15) is 19.5 Å². The Labute approximate surface area is 154 Å². The molecule has 1 saturated heterocycles. The van der Waals surface area contributed by atoms with Gasteiger partial charge in [0.15, 0.2) is 0 Å². The predicted molar refractivity (Wildman–Crippen MR) is 98.0 cm³/mol. The van der Waals surface area contributed by atoms with Crippen molar-refractivity contribution in [1.29, 1.82) is 0 Å². The van der Waals surface area contributed by atoms with Crippen LogP contribution in [0.4, 0.5) is 11.4 Å². The first-order valence-electron chi connectivity index (χ1n) is 7.90. The van der Waals surface area contributed by atoms with Crippen LogP contribution in [0.25, 0.3) is 0 Å². The van der Waals surface area contributed by atoms with Gasteiger partial charge in [-0.15, -0.1) is 0 Å². The molecule has 0 spiro atoms. The fraction of sp³-hybridized carbons (Fsp3) is 0.167. The average molecular weight is 374 g/mol. The van der Waals surface area contributed by atoms with Crippen LogP contribution in [-0.4, -0.2) is 42.5 Å². The number of carbonyl (C=O) groups is 3. The Bertz CT molecular complexity index is 867. The lowest BCUT2D eigenvalue weighted by atomic mass is 10.1. The summed E-state index contributed by atoms with van der Waals surface area (Å²) in [6, 6.07) is 11.0. The molecule has 0 aliphatic carbocycles. The maximum atomic E-state index is 12.3. The van der Waals surface area contributed by atoms with Crippen LogP contribution >= 0.6 is 11.6 Å². The molecule has 0 saturated carbocycles. The Morgan fingerprint density at radius 1 is 1.15 bits per heavy atom. The highest BCUT2D eigenvalue weighted by Crippen LogP contribution is 2.25. The highest BCUT2D eigenvalue weighted by atomic mass is 35.5. The van der Waals surface area contributed by atoms with Gasteiger partial charge in [-0.3, -0.25) is 9.59 Å². The first-order valence-corrected chi connectivity index (χ1v) is 8.28. The number of nitrogens with zero attached hydrogens (tertiary/aromatic N) is 1.